The van der Waals surface area contributed by atoms with Gasteiger partial charge in [-0.2, -0.15) is 0 Å². The molecule has 0 aromatic heterocycles. The summed E-state index contributed by atoms with van der Waals surface area (Å²) < 4.78 is 53.4. The zero-order chi connectivity index (χ0) is 16.1. The third-order valence-corrected chi connectivity index (χ3v) is 5.11. The van der Waals surface area contributed by atoms with Crippen LogP contribution < -0.4 is 9.86 Å². The molecule has 0 aliphatic rings. The summed E-state index contributed by atoms with van der Waals surface area (Å²) in [5, 5.41) is 5.00. The summed E-state index contributed by atoms with van der Waals surface area (Å²) in [5.74, 6) is -0.125. The molecule has 0 heterocycles. The first-order valence-corrected chi connectivity index (χ1v) is 9.56. The van der Waals surface area contributed by atoms with Crippen LogP contribution in [0.5, 0.6) is 0 Å². The molecule has 0 radical (unpaired) electrons. The number of rotatable bonds is 8. The molecule has 120 valence electrons. The van der Waals surface area contributed by atoms with Crippen LogP contribution in [-0.2, 0) is 24.8 Å². The zero-order valence-electron chi connectivity index (χ0n) is 11.9. The molecule has 9 heteroatoms. The highest BCUT2D eigenvalue weighted by molar-refractivity contribution is 7.89. The molecule has 1 rings (SSSR count). The van der Waals surface area contributed by atoms with Crippen molar-refractivity contribution in [3.8, 4) is 0 Å². The molecule has 0 spiro atoms. The van der Waals surface area contributed by atoms with Gasteiger partial charge in [0, 0.05) is 12.6 Å². The number of sulfonamides is 2. The number of hydrogen-bond donors (Lipinski definition) is 2. The van der Waals surface area contributed by atoms with Crippen molar-refractivity contribution < 1.29 is 21.6 Å². The standard InChI is InChI=1S/C12H20N2O5S2/c1-3-19-8-9-20(15,16)14-10(2)11-4-6-12(7-5-11)21(13,17)18/h4-7,10,14H,3,8-9H2,1-2H3,(H2,13,17,18). The van der Waals surface area contributed by atoms with E-state index in [-0.39, 0.29) is 17.3 Å². The van der Waals surface area contributed by atoms with Gasteiger partial charge in [-0.25, -0.2) is 26.7 Å². The Hall–Kier alpha value is -1.00. The molecule has 0 aliphatic heterocycles. The average Bonchev–Trinajstić information content (AvgIpc) is 2.37. The Morgan fingerprint density at radius 2 is 1.76 bits per heavy atom. The molecule has 1 aromatic rings. The number of benzene rings is 1. The van der Waals surface area contributed by atoms with Gasteiger partial charge in [-0.05, 0) is 31.5 Å². The number of hydrogen-bond acceptors (Lipinski definition) is 5. The molecular weight excluding hydrogens is 316 g/mol. The van der Waals surface area contributed by atoms with Crippen molar-refractivity contribution in [2.24, 2.45) is 5.14 Å². The van der Waals surface area contributed by atoms with Crippen molar-refractivity contribution in [3.05, 3.63) is 29.8 Å². The lowest BCUT2D eigenvalue weighted by atomic mass is 10.1. The lowest BCUT2D eigenvalue weighted by molar-refractivity contribution is 0.163. The van der Waals surface area contributed by atoms with Crippen LogP contribution in [0, 0.1) is 0 Å². The van der Waals surface area contributed by atoms with Crippen LogP contribution in [-0.4, -0.2) is 35.8 Å². The van der Waals surface area contributed by atoms with Crippen LogP contribution >= 0.6 is 0 Å². The second kappa shape index (κ2) is 7.32. The van der Waals surface area contributed by atoms with Crippen molar-refractivity contribution in [2.45, 2.75) is 24.8 Å². The topological polar surface area (TPSA) is 116 Å². The molecule has 1 unspecified atom stereocenters. The van der Waals surface area contributed by atoms with Gasteiger partial charge in [-0.1, -0.05) is 12.1 Å². The van der Waals surface area contributed by atoms with Crippen LogP contribution in [0.2, 0.25) is 0 Å². The quantitative estimate of drug-likeness (QED) is 0.665. The Bertz CT molecular complexity index is 653. The third kappa shape index (κ3) is 6.10. The summed E-state index contributed by atoms with van der Waals surface area (Å²) in [4.78, 5) is -0.0161. The Morgan fingerprint density at radius 3 is 2.24 bits per heavy atom. The van der Waals surface area contributed by atoms with Crippen LogP contribution in [0.1, 0.15) is 25.5 Å². The van der Waals surface area contributed by atoms with Crippen molar-refractivity contribution in [1.82, 2.24) is 4.72 Å². The lowest BCUT2D eigenvalue weighted by Crippen LogP contribution is -2.30. The van der Waals surface area contributed by atoms with Gasteiger partial charge >= 0.3 is 0 Å². The molecule has 0 aliphatic carbocycles. The summed E-state index contributed by atoms with van der Waals surface area (Å²) in [7, 11) is -7.21. The van der Waals surface area contributed by atoms with E-state index in [9.17, 15) is 16.8 Å². The number of primary sulfonamides is 1. The van der Waals surface area contributed by atoms with Gasteiger partial charge in [0.15, 0.2) is 0 Å². The van der Waals surface area contributed by atoms with E-state index >= 15 is 0 Å². The Labute approximate surface area is 125 Å². The summed E-state index contributed by atoms with van der Waals surface area (Å²) >= 11 is 0. The van der Waals surface area contributed by atoms with Crippen LogP contribution in [0.4, 0.5) is 0 Å². The fourth-order valence-corrected chi connectivity index (χ4v) is 3.30. The van der Waals surface area contributed by atoms with E-state index < -0.39 is 26.1 Å². The first-order chi connectivity index (χ1) is 9.65. The molecule has 0 fully saturated rings. The Kier molecular flexibility index (Phi) is 6.29. The highest BCUT2D eigenvalue weighted by atomic mass is 32.2. The minimum absolute atomic E-state index is 0.0161. The molecule has 3 N–H and O–H groups in total. The number of nitrogens with two attached hydrogens (primary N) is 1. The molecule has 7 nitrogen and oxygen atoms in total. The Morgan fingerprint density at radius 1 is 1.19 bits per heavy atom. The smallest absolute Gasteiger partial charge is 0.238 e. The summed E-state index contributed by atoms with van der Waals surface area (Å²) in [5.41, 5.74) is 0.641. The maximum atomic E-state index is 11.8. The summed E-state index contributed by atoms with van der Waals surface area (Å²) in [6, 6.07) is 5.25. The highest BCUT2D eigenvalue weighted by Gasteiger charge is 2.16. The highest BCUT2D eigenvalue weighted by Crippen LogP contribution is 2.16. The van der Waals surface area contributed by atoms with E-state index in [2.05, 4.69) is 4.72 Å². The van der Waals surface area contributed by atoms with Gasteiger partial charge in [0.05, 0.1) is 17.3 Å². The molecule has 21 heavy (non-hydrogen) atoms. The molecule has 1 atom stereocenters. The van der Waals surface area contributed by atoms with Crippen molar-refractivity contribution in [1.29, 1.82) is 0 Å². The first-order valence-electron chi connectivity index (χ1n) is 6.36. The molecular formula is C12H20N2O5S2. The monoisotopic (exact) mass is 336 g/mol. The van der Waals surface area contributed by atoms with E-state index in [1.807, 2.05) is 0 Å². The predicted molar refractivity (Wildman–Crippen MR) is 79.6 cm³/mol. The van der Waals surface area contributed by atoms with Crippen LogP contribution in [0.15, 0.2) is 29.2 Å². The molecule has 0 saturated carbocycles. The second-order valence-corrected chi connectivity index (χ2v) is 7.90. The molecule has 0 saturated heterocycles. The van der Waals surface area contributed by atoms with Gasteiger partial charge in [-0.3, -0.25) is 0 Å². The number of ether oxygens (including phenoxy) is 1. The van der Waals surface area contributed by atoms with E-state index in [1.165, 1.54) is 24.3 Å². The summed E-state index contributed by atoms with van der Waals surface area (Å²) in [6.45, 7) is 4.04. The maximum absolute atomic E-state index is 11.8. The minimum atomic E-state index is -3.75. The maximum Gasteiger partial charge on any atom is 0.238 e. The van der Waals surface area contributed by atoms with Gasteiger partial charge in [-0.15, -0.1) is 0 Å². The average molecular weight is 336 g/mol. The molecule has 0 bridgehead atoms. The third-order valence-electron chi connectivity index (χ3n) is 2.77. The zero-order valence-corrected chi connectivity index (χ0v) is 13.6. The van der Waals surface area contributed by atoms with Gasteiger partial charge in [0.1, 0.15) is 0 Å². The minimum Gasteiger partial charge on any atom is -0.381 e. The predicted octanol–water partition coefficient (Wildman–Crippen LogP) is 0.351. The SMILES string of the molecule is CCOCCS(=O)(=O)NC(C)c1ccc(S(N)(=O)=O)cc1. The fraction of sp³-hybridized carbons (Fsp3) is 0.500. The fourth-order valence-electron chi connectivity index (χ4n) is 1.66. The molecule has 1 aromatic carbocycles. The molecule has 0 amide bonds. The van der Waals surface area contributed by atoms with E-state index in [0.717, 1.165) is 0 Å². The van der Waals surface area contributed by atoms with E-state index in [1.54, 1.807) is 13.8 Å². The van der Waals surface area contributed by atoms with Crippen molar-refractivity contribution in [2.75, 3.05) is 19.0 Å². The van der Waals surface area contributed by atoms with Gasteiger partial charge in [0.2, 0.25) is 20.0 Å². The first kappa shape index (κ1) is 18.1. The normalized spacial score (nSPS) is 14.0. The Balaban J connectivity index is 2.73. The number of nitrogens with one attached hydrogen (secondary N) is 1. The van der Waals surface area contributed by atoms with Crippen LogP contribution in [0.25, 0.3) is 0 Å². The largest absolute Gasteiger partial charge is 0.381 e. The van der Waals surface area contributed by atoms with Gasteiger partial charge in [0.25, 0.3) is 0 Å². The van der Waals surface area contributed by atoms with E-state index in [4.69, 9.17) is 9.88 Å². The summed E-state index contributed by atoms with van der Waals surface area (Å²) in [6.07, 6.45) is 0. The van der Waals surface area contributed by atoms with Crippen LogP contribution in [0.3, 0.4) is 0 Å². The van der Waals surface area contributed by atoms with E-state index in [0.29, 0.717) is 12.2 Å². The van der Waals surface area contributed by atoms with Gasteiger partial charge < -0.3 is 4.74 Å². The van der Waals surface area contributed by atoms with Crippen molar-refractivity contribution >= 4 is 20.0 Å². The lowest BCUT2D eigenvalue weighted by Gasteiger charge is -2.15. The second-order valence-electron chi connectivity index (χ2n) is 4.47. The van der Waals surface area contributed by atoms with Crippen molar-refractivity contribution in [3.63, 3.8) is 0 Å².